The third kappa shape index (κ3) is 2.21. The molecule has 0 aromatic rings. The van der Waals surface area contributed by atoms with Gasteiger partial charge in [0, 0.05) is 13.5 Å². The van der Waals surface area contributed by atoms with Crippen molar-refractivity contribution in [2.45, 2.75) is 39.2 Å². The molecule has 0 unspecified atom stereocenters. The lowest BCUT2D eigenvalue weighted by atomic mass is 10.0. The van der Waals surface area contributed by atoms with Crippen molar-refractivity contribution in [3.8, 4) is 0 Å². The number of ether oxygens (including phenoxy) is 1. The number of hydrogen-bond donors (Lipinski definition) is 0. The van der Waals surface area contributed by atoms with Crippen LogP contribution in [0.5, 0.6) is 0 Å². The smallest absolute Gasteiger partial charge is 0.273 e. The summed E-state index contributed by atoms with van der Waals surface area (Å²) >= 11 is 0. The average molecular weight is 152 g/mol. The van der Waals surface area contributed by atoms with Crippen molar-refractivity contribution in [2.24, 2.45) is 0 Å². The summed E-state index contributed by atoms with van der Waals surface area (Å²) in [5, 5.41) is 0. The molecule has 62 valence electrons. The van der Waals surface area contributed by atoms with Crippen LogP contribution >= 0.6 is 0 Å². The maximum atomic E-state index is 12.6. The van der Waals surface area contributed by atoms with Gasteiger partial charge < -0.3 is 4.74 Å². The summed E-state index contributed by atoms with van der Waals surface area (Å²) in [5.74, 6) is -2.77. The van der Waals surface area contributed by atoms with E-state index in [0.717, 1.165) is 6.92 Å². The quantitative estimate of drug-likeness (QED) is 0.603. The lowest BCUT2D eigenvalue weighted by Gasteiger charge is -2.30. The van der Waals surface area contributed by atoms with E-state index in [4.69, 9.17) is 4.74 Å². The minimum absolute atomic E-state index is 0.316. The van der Waals surface area contributed by atoms with E-state index in [1.807, 2.05) is 0 Å². The number of halogens is 2. The molecule has 0 aromatic heterocycles. The van der Waals surface area contributed by atoms with Crippen LogP contribution in [-0.2, 0) is 4.74 Å². The van der Waals surface area contributed by atoms with Crippen molar-refractivity contribution in [2.75, 3.05) is 6.61 Å². The van der Waals surface area contributed by atoms with Gasteiger partial charge in [-0.3, -0.25) is 0 Å². The summed E-state index contributed by atoms with van der Waals surface area (Å²) in [6.07, 6.45) is 0. The van der Waals surface area contributed by atoms with Crippen LogP contribution < -0.4 is 0 Å². The van der Waals surface area contributed by atoms with Crippen LogP contribution in [0.25, 0.3) is 0 Å². The van der Waals surface area contributed by atoms with Crippen molar-refractivity contribution in [3.05, 3.63) is 0 Å². The average Bonchev–Trinajstić information content (AvgIpc) is 1.61. The van der Waals surface area contributed by atoms with E-state index in [-0.39, 0.29) is 0 Å². The molecule has 0 heterocycles. The van der Waals surface area contributed by atoms with E-state index in [1.165, 1.54) is 13.8 Å². The Kier molecular flexibility index (Phi) is 2.77. The Labute approximate surface area is 60.4 Å². The molecule has 0 atom stereocenters. The standard InChI is InChI=1S/C7H14F2O/c1-5-10-6(2,3)7(4,8)9/h5H2,1-4H3. The molecule has 0 radical (unpaired) electrons. The predicted molar refractivity (Wildman–Crippen MR) is 36.3 cm³/mol. The van der Waals surface area contributed by atoms with Gasteiger partial charge in [0.15, 0.2) is 0 Å². The van der Waals surface area contributed by atoms with Gasteiger partial charge >= 0.3 is 0 Å². The van der Waals surface area contributed by atoms with Crippen LogP contribution in [0.4, 0.5) is 8.78 Å². The zero-order valence-electron chi connectivity index (χ0n) is 6.87. The van der Waals surface area contributed by atoms with E-state index in [1.54, 1.807) is 6.92 Å². The Morgan fingerprint density at radius 3 is 1.70 bits per heavy atom. The van der Waals surface area contributed by atoms with Gasteiger partial charge in [-0.2, -0.15) is 0 Å². The molecule has 0 fully saturated rings. The molecule has 0 aliphatic carbocycles. The van der Waals surface area contributed by atoms with Gasteiger partial charge in [-0.15, -0.1) is 0 Å². The first-order valence-electron chi connectivity index (χ1n) is 3.33. The van der Waals surface area contributed by atoms with Crippen molar-refractivity contribution < 1.29 is 13.5 Å². The third-order valence-electron chi connectivity index (χ3n) is 1.56. The van der Waals surface area contributed by atoms with Gasteiger partial charge in [-0.1, -0.05) is 0 Å². The molecule has 0 rings (SSSR count). The van der Waals surface area contributed by atoms with Gasteiger partial charge in [-0.05, 0) is 20.8 Å². The summed E-state index contributed by atoms with van der Waals surface area (Å²) in [6.45, 7) is 5.65. The highest BCUT2D eigenvalue weighted by Gasteiger charge is 2.42. The summed E-state index contributed by atoms with van der Waals surface area (Å²) in [4.78, 5) is 0. The van der Waals surface area contributed by atoms with Crippen LogP contribution in [0.2, 0.25) is 0 Å². The zero-order chi connectivity index (χ0) is 8.41. The summed E-state index contributed by atoms with van der Waals surface area (Å²) < 4.78 is 30.0. The largest absolute Gasteiger partial charge is 0.370 e. The lowest BCUT2D eigenvalue weighted by Crippen LogP contribution is -2.42. The van der Waals surface area contributed by atoms with E-state index in [9.17, 15) is 8.78 Å². The second-order valence-corrected chi connectivity index (χ2v) is 2.83. The minimum Gasteiger partial charge on any atom is -0.370 e. The summed E-state index contributed by atoms with van der Waals surface area (Å²) in [6, 6.07) is 0. The number of alkyl halides is 2. The lowest BCUT2D eigenvalue weighted by molar-refractivity contribution is -0.178. The molecule has 10 heavy (non-hydrogen) atoms. The van der Waals surface area contributed by atoms with Gasteiger partial charge in [0.2, 0.25) is 0 Å². The molecule has 1 nitrogen and oxygen atoms in total. The van der Waals surface area contributed by atoms with E-state index >= 15 is 0 Å². The van der Waals surface area contributed by atoms with Crippen LogP contribution in [0.3, 0.4) is 0 Å². The number of rotatable bonds is 3. The Morgan fingerprint density at radius 1 is 1.20 bits per heavy atom. The molecular formula is C7H14F2O. The van der Waals surface area contributed by atoms with Gasteiger partial charge in [0.05, 0.1) is 0 Å². The van der Waals surface area contributed by atoms with Crippen LogP contribution in [-0.4, -0.2) is 18.1 Å². The summed E-state index contributed by atoms with van der Waals surface area (Å²) in [5.41, 5.74) is -1.35. The fourth-order valence-corrected chi connectivity index (χ4v) is 0.488. The molecular weight excluding hydrogens is 138 g/mol. The van der Waals surface area contributed by atoms with Crippen LogP contribution in [0, 0.1) is 0 Å². The van der Waals surface area contributed by atoms with E-state index < -0.39 is 11.5 Å². The first-order chi connectivity index (χ1) is 4.31. The monoisotopic (exact) mass is 152 g/mol. The predicted octanol–water partition coefficient (Wildman–Crippen LogP) is 2.46. The first-order valence-corrected chi connectivity index (χ1v) is 3.33. The SMILES string of the molecule is CCOC(C)(C)C(C)(F)F. The molecule has 0 spiro atoms. The fraction of sp³-hybridized carbons (Fsp3) is 1.00. The maximum absolute atomic E-state index is 12.6. The van der Waals surface area contributed by atoms with Crippen molar-refractivity contribution in [3.63, 3.8) is 0 Å². The molecule has 0 bridgehead atoms. The minimum atomic E-state index is -2.77. The molecule has 0 N–H and O–H groups in total. The molecule has 0 saturated carbocycles. The Balaban J connectivity index is 4.10. The molecule has 0 aliphatic heterocycles. The molecule has 0 amide bonds. The third-order valence-corrected chi connectivity index (χ3v) is 1.56. The highest BCUT2D eigenvalue weighted by atomic mass is 19.3. The van der Waals surface area contributed by atoms with Crippen molar-refractivity contribution in [1.29, 1.82) is 0 Å². The van der Waals surface area contributed by atoms with Crippen molar-refractivity contribution >= 4 is 0 Å². The second-order valence-electron chi connectivity index (χ2n) is 2.83. The number of hydrogen-bond acceptors (Lipinski definition) is 1. The Hall–Kier alpha value is -0.180. The fourth-order valence-electron chi connectivity index (χ4n) is 0.488. The van der Waals surface area contributed by atoms with Gasteiger partial charge in [0.25, 0.3) is 5.92 Å². The summed E-state index contributed by atoms with van der Waals surface area (Å²) in [7, 11) is 0. The molecule has 3 heteroatoms. The van der Waals surface area contributed by atoms with E-state index in [2.05, 4.69) is 0 Å². The normalized spacial score (nSPS) is 13.8. The Morgan fingerprint density at radius 2 is 1.60 bits per heavy atom. The van der Waals surface area contributed by atoms with E-state index in [0.29, 0.717) is 6.61 Å². The first kappa shape index (κ1) is 9.82. The second kappa shape index (κ2) is 2.82. The highest BCUT2D eigenvalue weighted by molar-refractivity contribution is 4.82. The van der Waals surface area contributed by atoms with Gasteiger partial charge in [0.1, 0.15) is 5.60 Å². The maximum Gasteiger partial charge on any atom is 0.273 e. The highest BCUT2D eigenvalue weighted by Crippen LogP contribution is 2.30. The molecule has 0 aromatic carbocycles. The van der Waals surface area contributed by atoms with Crippen LogP contribution in [0.15, 0.2) is 0 Å². The van der Waals surface area contributed by atoms with Gasteiger partial charge in [-0.25, -0.2) is 8.78 Å². The zero-order valence-corrected chi connectivity index (χ0v) is 6.87. The topological polar surface area (TPSA) is 9.23 Å². The Bertz CT molecular complexity index is 105. The van der Waals surface area contributed by atoms with Crippen molar-refractivity contribution in [1.82, 2.24) is 0 Å². The molecule has 0 aliphatic rings. The molecule has 0 saturated heterocycles. The van der Waals surface area contributed by atoms with Crippen LogP contribution in [0.1, 0.15) is 27.7 Å².